The SMILES string of the molecule is O=C(Nc1ccc(O)c(F)c1)c1cc(F)ccc1F. The van der Waals surface area contributed by atoms with Crippen molar-refractivity contribution in [3.63, 3.8) is 0 Å². The molecule has 0 aliphatic carbocycles. The van der Waals surface area contributed by atoms with Crippen LogP contribution in [0.1, 0.15) is 10.4 Å². The van der Waals surface area contributed by atoms with E-state index in [4.69, 9.17) is 5.11 Å². The van der Waals surface area contributed by atoms with Gasteiger partial charge in [0.1, 0.15) is 11.6 Å². The lowest BCUT2D eigenvalue weighted by Gasteiger charge is -2.07. The monoisotopic (exact) mass is 267 g/mol. The second kappa shape index (κ2) is 5.01. The Bertz CT molecular complexity index is 644. The van der Waals surface area contributed by atoms with E-state index in [0.717, 1.165) is 30.3 Å². The van der Waals surface area contributed by atoms with Gasteiger partial charge in [-0.3, -0.25) is 4.79 Å². The lowest BCUT2D eigenvalue weighted by atomic mass is 10.2. The molecule has 6 heteroatoms. The van der Waals surface area contributed by atoms with Gasteiger partial charge in [-0.25, -0.2) is 13.2 Å². The maximum atomic E-state index is 13.3. The van der Waals surface area contributed by atoms with Gasteiger partial charge >= 0.3 is 0 Å². The molecule has 2 aromatic carbocycles. The van der Waals surface area contributed by atoms with Crippen molar-refractivity contribution < 1.29 is 23.1 Å². The molecule has 2 rings (SSSR count). The normalized spacial score (nSPS) is 10.3. The van der Waals surface area contributed by atoms with Crippen LogP contribution >= 0.6 is 0 Å². The molecule has 0 saturated heterocycles. The molecule has 0 aliphatic rings. The molecular weight excluding hydrogens is 259 g/mol. The fourth-order valence-electron chi connectivity index (χ4n) is 1.45. The van der Waals surface area contributed by atoms with E-state index in [1.54, 1.807) is 0 Å². The Hall–Kier alpha value is -2.50. The van der Waals surface area contributed by atoms with E-state index in [0.29, 0.717) is 0 Å². The summed E-state index contributed by atoms with van der Waals surface area (Å²) in [6.45, 7) is 0. The number of nitrogens with one attached hydrogen (secondary N) is 1. The summed E-state index contributed by atoms with van der Waals surface area (Å²) in [5.41, 5.74) is -0.475. The van der Waals surface area contributed by atoms with Gasteiger partial charge in [0, 0.05) is 11.8 Å². The van der Waals surface area contributed by atoms with Crippen molar-refractivity contribution in [2.24, 2.45) is 0 Å². The first-order chi connectivity index (χ1) is 8.97. The molecule has 3 nitrogen and oxygen atoms in total. The van der Waals surface area contributed by atoms with Crippen molar-refractivity contribution in [1.82, 2.24) is 0 Å². The Morgan fingerprint density at radius 3 is 2.42 bits per heavy atom. The van der Waals surface area contributed by atoms with Gasteiger partial charge in [0.15, 0.2) is 11.6 Å². The molecular formula is C13H8F3NO2. The average Bonchev–Trinajstić information content (AvgIpc) is 2.36. The molecule has 2 N–H and O–H groups in total. The minimum Gasteiger partial charge on any atom is -0.505 e. The van der Waals surface area contributed by atoms with E-state index in [9.17, 15) is 18.0 Å². The van der Waals surface area contributed by atoms with Crippen molar-refractivity contribution >= 4 is 11.6 Å². The molecule has 98 valence electrons. The second-order valence-electron chi connectivity index (χ2n) is 3.74. The van der Waals surface area contributed by atoms with Crippen molar-refractivity contribution in [2.75, 3.05) is 5.32 Å². The number of aromatic hydroxyl groups is 1. The van der Waals surface area contributed by atoms with E-state index in [1.807, 2.05) is 0 Å². The van der Waals surface area contributed by atoms with Gasteiger partial charge < -0.3 is 10.4 Å². The fourth-order valence-corrected chi connectivity index (χ4v) is 1.45. The summed E-state index contributed by atoms with van der Waals surface area (Å²) in [4.78, 5) is 11.7. The lowest BCUT2D eigenvalue weighted by molar-refractivity contribution is 0.102. The molecule has 0 bridgehead atoms. The molecule has 0 aromatic heterocycles. The molecule has 0 saturated carbocycles. The summed E-state index contributed by atoms with van der Waals surface area (Å²) in [6.07, 6.45) is 0. The summed E-state index contributed by atoms with van der Waals surface area (Å²) in [7, 11) is 0. The number of rotatable bonds is 2. The molecule has 0 aliphatic heterocycles. The highest BCUT2D eigenvalue weighted by molar-refractivity contribution is 6.04. The molecule has 0 spiro atoms. The summed E-state index contributed by atoms with van der Waals surface area (Å²) in [5, 5.41) is 11.2. The van der Waals surface area contributed by atoms with Crippen LogP contribution in [0.5, 0.6) is 5.75 Å². The average molecular weight is 267 g/mol. The van der Waals surface area contributed by atoms with Crippen LogP contribution in [0.3, 0.4) is 0 Å². The third-order valence-electron chi connectivity index (χ3n) is 2.38. The zero-order valence-corrected chi connectivity index (χ0v) is 9.45. The number of anilines is 1. The third-order valence-corrected chi connectivity index (χ3v) is 2.38. The Morgan fingerprint density at radius 1 is 1.00 bits per heavy atom. The first-order valence-electron chi connectivity index (χ1n) is 5.22. The molecule has 1 amide bonds. The van der Waals surface area contributed by atoms with Gasteiger partial charge in [-0.2, -0.15) is 0 Å². The number of phenolic OH excluding ortho intramolecular Hbond substituents is 1. The van der Waals surface area contributed by atoms with E-state index >= 15 is 0 Å². The van der Waals surface area contributed by atoms with E-state index in [-0.39, 0.29) is 5.69 Å². The van der Waals surface area contributed by atoms with Crippen LogP contribution in [0.25, 0.3) is 0 Å². The highest BCUT2D eigenvalue weighted by Crippen LogP contribution is 2.20. The van der Waals surface area contributed by atoms with Crippen molar-refractivity contribution in [1.29, 1.82) is 0 Å². The maximum absolute atomic E-state index is 13.3. The molecule has 0 atom stereocenters. The minimum atomic E-state index is -0.933. The maximum Gasteiger partial charge on any atom is 0.258 e. The molecule has 0 unspecified atom stereocenters. The number of benzene rings is 2. The summed E-state index contributed by atoms with van der Waals surface area (Å²) < 4.78 is 39.3. The largest absolute Gasteiger partial charge is 0.505 e. The Morgan fingerprint density at radius 2 is 1.74 bits per heavy atom. The second-order valence-corrected chi connectivity index (χ2v) is 3.74. The standard InChI is InChI=1S/C13H8F3NO2/c14-7-1-3-10(15)9(5-7)13(19)17-8-2-4-12(18)11(16)6-8/h1-6,18H,(H,17,19). The van der Waals surface area contributed by atoms with Gasteiger partial charge in [-0.15, -0.1) is 0 Å². The van der Waals surface area contributed by atoms with Crippen LogP contribution in [0.2, 0.25) is 0 Å². The van der Waals surface area contributed by atoms with Crippen LogP contribution in [0, 0.1) is 17.5 Å². The first-order valence-corrected chi connectivity index (χ1v) is 5.22. The number of hydrogen-bond acceptors (Lipinski definition) is 2. The molecule has 0 heterocycles. The molecule has 19 heavy (non-hydrogen) atoms. The number of phenols is 1. The van der Waals surface area contributed by atoms with Crippen LogP contribution < -0.4 is 5.32 Å². The molecule has 0 fully saturated rings. The van der Waals surface area contributed by atoms with Crippen LogP contribution in [-0.4, -0.2) is 11.0 Å². The van der Waals surface area contributed by atoms with Gasteiger partial charge in [0.05, 0.1) is 5.56 Å². The topological polar surface area (TPSA) is 49.3 Å². The Labute approximate surface area is 106 Å². The van der Waals surface area contributed by atoms with Crippen LogP contribution in [0.4, 0.5) is 18.9 Å². The Balaban J connectivity index is 2.25. The zero-order chi connectivity index (χ0) is 14.0. The van der Waals surface area contributed by atoms with Gasteiger partial charge in [0.2, 0.25) is 0 Å². The quantitative estimate of drug-likeness (QED) is 0.821. The van der Waals surface area contributed by atoms with E-state index in [1.165, 1.54) is 6.07 Å². The minimum absolute atomic E-state index is 0.0176. The van der Waals surface area contributed by atoms with Crippen molar-refractivity contribution in [2.45, 2.75) is 0 Å². The van der Waals surface area contributed by atoms with Crippen LogP contribution in [0.15, 0.2) is 36.4 Å². The number of amides is 1. The Kier molecular flexibility index (Phi) is 3.41. The smallest absolute Gasteiger partial charge is 0.258 e. The molecule has 0 radical (unpaired) electrons. The number of carbonyl (C=O) groups is 1. The van der Waals surface area contributed by atoms with E-state index < -0.39 is 34.7 Å². The van der Waals surface area contributed by atoms with Gasteiger partial charge in [-0.05, 0) is 30.3 Å². The van der Waals surface area contributed by atoms with Gasteiger partial charge in [0.25, 0.3) is 5.91 Å². The first kappa shape index (κ1) is 12.9. The van der Waals surface area contributed by atoms with E-state index in [2.05, 4.69) is 5.32 Å². The summed E-state index contributed by atoms with van der Waals surface area (Å²) in [5.74, 6) is -4.07. The predicted octanol–water partition coefficient (Wildman–Crippen LogP) is 3.06. The summed E-state index contributed by atoms with van der Waals surface area (Å²) >= 11 is 0. The number of carbonyl (C=O) groups excluding carboxylic acids is 1. The predicted molar refractivity (Wildman–Crippen MR) is 62.4 cm³/mol. The van der Waals surface area contributed by atoms with Crippen molar-refractivity contribution in [3.8, 4) is 5.75 Å². The zero-order valence-electron chi connectivity index (χ0n) is 9.45. The fraction of sp³-hybridized carbons (Fsp3) is 0. The third kappa shape index (κ3) is 2.85. The molecule has 2 aromatic rings. The van der Waals surface area contributed by atoms with Crippen LogP contribution in [-0.2, 0) is 0 Å². The van der Waals surface area contributed by atoms with Gasteiger partial charge in [-0.1, -0.05) is 0 Å². The highest BCUT2D eigenvalue weighted by Gasteiger charge is 2.13. The lowest BCUT2D eigenvalue weighted by Crippen LogP contribution is -2.14. The number of hydrogen-bond donors (Lipinski definition) is 2. The summed E-state index contributed by atoms with van der Waals surface area (Å²) in [6, 6.07) is 5.57. The number of halogens is 3. The highest BCUT2D eigenvalue weighted by atomic mass is 19.1. The van der Waals surface area contributed by atoms with Crippen molar-refractivity contribution in [3.05, 3.63) is 59.4 Å².